The van der Waals surface area contributed by atoms with Gasteiger partial charge < -0.3 is 5.32 Å². The summed E-state index contributed by atoms with van der Waals surface area (Å²) < 4.78 is 1.86. The molecule has 1 amide bonds. The van der Waals surface area contributed by atoms with E-state index in [1.54, 1.807) is 25.4 Å². The largest absolute Gasteiger partial charge is 0.321 e. The number of hydrogen-bond acceptors (Lipinski definition) is 5. The molecule has 0 aliphatic heterocycles. The third kappa shape index (κ3) is 3.07. The van der Waals surface area contributed by atoms with Crippen LogP contribution < -0.4 is 5.32 Å². The third-order valence-corrected chi connectivity index (χ3v) is 3.68. The number of aryl methyl sites for hydroxylation is 1. The van der Waals surface area contributed by atoms with Crippen molar-refractivity contribution in [1.82, 2.24) is 24.3 Å². The van der Waals surface area contributed by atoms with Crippen molar-refractivity contribution in [2.75, 3.05) is 5.32 Å². The van der Waals surface area contributed by atoms with Crippen molar-refractivity contribution in [2.45, 2.75) is 6.92 Å². The van der Waals surface area contributed by atoms with E-state index in [1.165, 1.54) is 0 Å². The minimum atomic E-state index is -0.268. The molecule has 0 bridgehead atoms. The number of anilines is 1. The van der Waals surface area contributed by atoms with Crippen LogP contribution in [0.2, 0.25) is 0 Å². The lowest BCUT2D eigenvalue weighted by Gasteiger charge is -2.05. The van der Waals surface area contributed by atoms with Gasteiger partial charge in [0.25, 0.3) is 5.91 Å². The molecule has 0 aliphatic rings. The van der Waals surface area contributed by atoms with Crippen LogP contribution in [0.1, 0.15) is 16.3 Å². The monoisotopic (exact) mass is 330 g/mol. The average Bonchev–Trinajstić information content (AvgIpc) is 3.06. The Morgan fingerprint density at radius 1 is 1.04 bits per heavy atom. The smallest absolute Gasteiger partial charge is 0.274 e. The van der Waals surface area contributed by atoms with Crippen LogP contribution in [-0.2, 0) is 0 Å². The van der Waals surface area contributed by atoms with Crippen LogP contribution in [0.15, 0.2) is 61.2 Å². The van der Waals surface area contributed by atoms with E-state index >= 15 is 0 Å². The zero-order valence-corrected chi connectivity index (χ0v) is 13.4. The SMILES string of the molecule is Cc1nccc(C(=O)Nc2ccc(-c3cn4cccnc4n3)cc2)n1. The number of fused-ring (bicyclic) bond motifs is 1. The van der Waals surface area contributed by atoms with Gasteiger partial charge >= 0.3 is 0 Å². The van der Waals surface area contributed by atoms with Crippen LogP contribution in [0, 0.1) is 6.92 Å². The van der Waals surface area contributed by atoms with Crippen molar-refractivity contribution in [3.8, 4) is 11.3 Å². The molecule has 0 aliphatic carbocycles. The van der Waals surface area contributed by atoms with Crippen molar-refractivity contribution in [2.24, 2.45) is 0 Å². The van der Waals surface area contributed by atoms with Gasteiger partial charge in [-0.05, 0) is 31.2 Å². The Kier molecular flexibility index (Phi) is 3.66. The number of carbonyl (C=O) groups excluding carboxylic acids is 1. The van der Waals surface area contributed by atoms with Gasteiger partial charge in [0.1, 0.15) is 11.5 Å². The van der Waals surface area contributed by atoms with Crippen molar-refractivity contribution in [3.05, 3.63) is 72.7 Å². The Labute approximate surface area is 143 Å². The second-order valence-electron chi connectivity index (χ2n) is 5.47. The molecule has 1 N–H and O–H groups in total. The maximum absolute atomic E-state index is 12.2. The second kappa shape index (κ2) is 6.12. The minimum absolute atomic E-state index is 0.268. The highest BCUT2D eigenvalue weighted by atomic mass is 16.1. The lowest BCUT2D eigenvalue weighted by molar-refractivity contribution is 0.102. The average molecular weight is 330 g/mol. The molecule has 0 saturated heterocycles. The standard InChI is InChI=1S/C18H14N6O/c1-12-19-9-7-15(21-12)17(25)22-14-5-3-13(4-6-14)16-11-24-10-2-8-20-18(24)23-16/h2-11H,1H3,(H,22,25). The Morgan fingerprint density at radius 3 is 2.64 bits per heavy atom. The van der Waals surface area contributed by atoms with E-state index < -0.39 is 0 Å². The van der Waals surface area contributed by atoms with E-state index in [2.05, 4.69) is 25.3 Å². The van der Waals surface area contributed by atoms with E-state index in [0.717, 1.165) is 11.3 Å². The molecular formula is C18H14N6O. The topological polar surface area (TPSA) is 85.1 Å². The summed E-state index contributed by atoms with van der Waals surface area (Å²) >= 11 is 0. The van der Waals surface area contributed by atoms with E-state index in [4.69, 9.17) is 0 Å². The van der Waals surface area contributed by atoms with Gasteiger partial charge in [-0.1, -0.05) is 12.1 Å². The summed E-state index contributed by atoms with van der Waals surface area (Å²) in [4.78, 5) is 29.0. The van der Waals surface area contributed by atoms with E-state index in [0.29, 0.717) is 23.0 Å². The molecule has 0 saturated carbocycles. The molecule has 0 spiro atoms. The fourth-order valence-electron chi connectivity index (χ4n) is 2.47. The predicted octanol–water partition coefficient (Wildman–Crippen LogP) is 2.75. The molecule has 1 aromatic carbocycles. The van der Waals surface area contributed by atoms with Crippen molar-refractivity contribution >= 4 is 17.4 Å². The highest BCUT2D eigenvalue weighted by Crippen LogP contribution is 2.21. The number of imidazole rings is 1. The molecular weight excluding hydrogens is 316 g/mol. The lowest BCUT2D eigenvalue weighted by Crippen LogP contribution is -2.14. The summed E-state index contributed by atoms with van der Waals surface area (Å²) in [6.45, 7) is 1.75. The zero-order chi connectivity index (χ0) is 17.2. The van der Waals surface area contributed by atoms with Gasteiger partial charge in [-0.25, -0.2) is 19.9 Å². The Morgan fingerprint density at radius 2 is 1.88 bits per heavy atom. The number of nitrogens with zero attached hydrogens (tertiary/aromatic N) is 5. The molecule has 0 unspecified atom stereocenters. The first kappa shape index (κ1) is 14.9. The summed E-state index contributed by atoms with van der Waals surface area (Å²) in [5, 5.41) is 2.82. The molecule has 7 nitrogen and oxygen atoms in total. The fraction of sp³-hybridized carbons (Fsp3) is 0.0556. The fourth-order valence-corrected chi connectivity index (χ4v) is 2.47. The van der Waals surface area contributed by atoms with Crippen LogP contribution in [0.25, 0.3) is 17.0 Å². The zero-order valence-electron chi connectivity index (χ0n) is 13.4. The van der Waals surface area contributed by atoms with Crippen LogP contribution in [0.4, 0.5) is 5.69 Å². The molecule has 7 heteroatoms. The first-order valence-corrected chi connectivity index (χ1v) is 7.70. The van der Waals surface area contributed by atoms with E-state index in [9.17, 15) is 4.79 Å². The van der Waals surface area contributed by atoms with Crippen molar-refractivity contribution in [1.29, 1.82) is 0 Å². The minimum Gasteiger partial charge on any atom is -0.321 e. The Bertz CT molecular complexity index is 1020. The first-order chi connectivity index (χ1) is 12.2. The molecule has 4 aromatic rings. The predicted molar refractivity (Wildman–Crippen MR) is 93.1 cm³/mol. The number of nitrogens with one attached hydrogen (secondary N) is 1. The summed E-state index contributed by atoms with van der Waals surface area (Å²) in [5.74, 6) is 0.938. The van der Waals surface area contributed by atoms with E-state index in [1.807, 2.05) is 47.1 Å². The molecule has 122 valence electrons. The number of rotatable bonds is 3. The maximum atomic E-state index is 12.2. The molecule has 3 heterocycles. The van der Waals surface area contributed by atoms with Gasteiger partial charge in [-0.2, -0.15) is 0 Å². The summed E-state index contributed by atoms with van der Waals surface area (Å²) in [7, 11) is 0. The molecule has 0 atom stereocenters. The van der Waals surface area contributed by atoms with Crippen molar-refractivity contribution in [3.63, 3.8) is 0 Å². The van der Waals surface area contributed by atoms with Gasteiger partial charge in [0.15, 0.2) is 0 Å². The third-order valence-electron chi connectivity index (χ3n) is 3.68. The Balaban J connectivity index is 1.54. The molecule has 0 radical (unpaired) electrons. The number of hydrogen-bond donors (Lipinski definition) is 1. The van der Waals surface area contributed by atoms with Crippen LogP contribution >= 0.6 is 0 Å². The first-order valence-electron chi connectivity index (χ1n) is 7.70. The highest BCUT2D eigenvalue weighted by Gasteiger charge is 2.09. The van der Waals surface area contributed by atoms with Crippen molar-refractivity contribution < 1.29 is 4.79 Å². The summed E-state index contributed by atoms with van der Waals surface area (Å²) in [6, 6.07) is 10.9. The Hall–Kier alpha value is -3.61. The van der Waals surface area contributed by atoms with Gasteiger partial charge in [0, 0.05) is 36.0 Å². The normalized spacial score (nSPS) is 10.8. The van der Waals surface area contributed by atoms with Crippen LogP contribution in [0.5, 0.6) is 0 Å². The lowest BCUT2D eigenvalue weighted by atomic mass is 10.1. The number of amides is 1. The quantitative estimate of drug-likeness (QED) is 0.624. The number of benzene rings is 1. The molecule has 4 rings (SSSR count). The highest BCUT2D eigenvalue weighted by molar-refractivity contribution is 6.02. The second-order valence-corrected chi connectivity index (χ2v) is 5.47. The van der Waals surface area contributed by atoms with Gasteiger partial charge in [0.2, 0.25) is 5.78 Å². The van der Waals surface area contributed by atoms with Crippen LogP contribution in [0.3, 0.4) is 0 Å². The van der Waals surface area contributed by atoms with E-state index in [-0.39, 0.29) is 5.91 Å². The van der Waals surface area contributed by atoms with Gasteiger partial charge in [0.05, 0.1) is 5.69 Å². The molecule has 0 fully saturated rings. The number of aromatic nitrogens is 5. The summed E-state index contributed by atoms with van der Waals surface area (Å²) in [5.41, 5.74) is 2.79. The maximum Gasteiger partial charge on any atom is 0.274 e. The summed E-state index contributed by atoms with van der Waals surface area (Å²) in [6.07, 6.45) is 7.09. The number of carbonyl (C=O) groups is 1. The van der Waals surface area contributed by atoms with Crippen LogP contribution in [-0.4, -0.2) is 30.2 Å². The van der Waals surface area contributed by atoms with Gasteiger partial charge in [-0.3, -0.25) is 9.20 Å². The molecule has 25 heavy (non-hydrogen) atoms. The van der Waals surface area contributed by atoms with Gasteiger partial charge in [-0.15, -0.1) is 0 Å². The molecule has 3 aromatic heterocycles.